The van der Waals surface area contributed by atoms with Gasteiger partial charge in [0.2, 0.25) is 0 Å². The molecule has 7 unspecified atom stereocenters. The van der Waals surface area contributed by atoms with Crippen LogP contribution in [0.1, 0.15) is 123 Å². The van der Waals surface area contributed by atoms with Crippen molar-refractivity contribution in [1.82, 2.24) is 0 Å². The fourth-order valence-electron chi connectivity index (χ4n) is 11.8. The minimum Gasteiger partial charge on any atom is -0.458 e. The highest BCUT2D eigenvalue weighted by atomic mass is 16.5. The predicted molar refractivity (Wildman–Crippen MR) is 174 cm³/mol. The van der Waals surface area contributed by atoms with E-state index in [2.05, 4.69) is 54.5 Å². The van der Waals surface area contributed by atoms with Crippen LogP contribution in [0.2, 0.25) is 0 Å². The van der Waals surface area contributed by atoms with E-state index in [0.29, 0.717) is 39.6 Å². The van der Waals surface area contributed by atoms with Crippen LogP contribution < -0.4 is 11.5 Å². The molecule has 5 aliphatic carbocycles. The molecule has 6 rings (SSSR count). The Morgan fingerprint density at radius 3 is 2.36 bits per heavy atom. The molecule has 5 aliphatic rings. The van der Waals surface area contributed by atoms with Crippen LogP contribution in [0.25, 0.3) is 0 Å². The van der Waals surface area contributed by atoms with Gasteiger partial charge in [0.15, 0.2) is 0 Å². The molecular formula is C38H54N2O2. The minimum absolute atomic E-state index is 0.120. The van der Waals surface area contributed by atoms with Crippen LogP contribution in [0.4, 0.5) is 11.4 Å². The normalized spacial score (nSPS) is 38.5. The van der Waals surface area contributed by atoms with Gasteiger partial charge in [-0.15, -0.1) is 0 Å². The molecule has 4 nitrogen and oxygen atoms in total. The Kier molecular flexibility index (Phi) is 6.69. The van der Waals surface area contributed by atoms with Gasteiger partial charge in [0.1, 0.15) is 6.10 Å². The molecule has 42 heavy (non-hydrogen) atoms. The summed E-state index contributed by atoms with van der Waals surface area (Å²) in [6.07, 6.45) is 14.2. The predicted octanol–water partition coefficient (Wildman–Crippen LogP) is 9.43. The number of carbonyl (C=O) groups excluding carboxylic acids is 1. The maximum atomic E-state index is 13.2. The zero-order valence-corrected chi connectivity index (χ0v) is 27.3. The maximum absolute atomic E-state index is 13.2. The van der Waals surface area contributed by atoms with Crippen LogP contribution in [0, 0.1) is 38.9 Å². The molecule has 4 N–H and O–H groups in total. The summed E-state index contributed by atoms with van der Waals surface area (Å²) in [5.41, 5.74) is 20.9. The third-order valence-corrected chi connectivity index (χ3v) is 13.7. The first-order valence-corrected chi connectivity index (χ1v) is 16.6. The van der Waals surface area contributed by atoms with Crippen molar-refractivity contribution in [3.8, 4) is 0 Å². The Balaban J connectivity index is 1.26. The first-order chi connectivity index (χ1) is 19.6. The van der Waals surface area contributed by atoms with Crippen LogP contribution in [0.3, 0.4) is 0 Å². The summed E-state index contributed by atoms with van der Waals surface area (Å²) in [5, 5.41) is 0. The number of nitrogen functional groups attached to an aromatic ring is 2. The lowest BCUT2D eigenvalue weighted by Gasteiger charge is -2.60. The zero-order valence-electron chi connectivity index (χ0n) is 27.3. The van der Waals surface area contributed by atoms with E-state index < -0.39 is 0 Å². The van der Waals surface area contributed by atoms with Crippen LogP contribution in [0.15, 0.2) is 53.1 Å². The summed E-state index contributed by atoms with van der Waals surface area (Å²) in [4.78, 5) is 13.2. The van der Waals surface area contributed by atoms with Gasteiger partial charge in [-0.3, -0.25) is 0 Å². The van der Waals surface area contributed by atoms with Gasteiger partial charge < -0.3 is 16.2 Å². The average Bonchev–Trinajstić information content (AvgIpc) is 3.28. The minimum atomic E-state index is -0.313. The summed E-state index contributed by atoms with van der Waals surface area (Å²) in [6, 6.07) is 5.01. The Morgan fingerprint density at radius 1 is 1.00 bits per heavy atom. The van der Waals surface area contributed by atoms with E-state index in [1.807, 2.05) is 0 Å². The highest BCUT2D eigenvalue weighted by molar-refractivity contribution is 5.92. The fraction of sp³-hybridized carbons (Fsp3) is 0.658. The lowest BCUT2D eigenvalue weighted by Crippen LogP contribution is -2.55. The second kappa shape index (κ2) is 9.50. The fourth-order valence-corrected chi connectivity index (χ4v) is 11.8. The molecule has 0 bridgehead atoms. The summed E-state index contributed by atoms with van der Waals surface area (Å²) < 4.78 is 6.26. The third-order valence-electron chi connectivity index (χ3n) is 13.7. The van der Waals surface area contributed by atoms with E-state index in [-0.39, 0.29) is 28.3 Å². The number of carbonyl (C=O) groups is 1. The maximum Gasteiger partial charge on any atom is 0.338 e. The van der Waals surface area contributed by atoms with Gasteiger partial charge in [0.05, 0.1) is 5.56 Å². The molecule has 3 fully saturated rings. The van der Waals surface area contributed by atoms with Crippen molar-refractivity contribution >= 4 is 17.3 Å². The molecule has 3 saturated carbocycles. The third kappa shape index (κ3) is 3.75. The first kappa shape index (κ1) is 29.6. The number of esters is 1. The number of benzene rings is 1. The molecule has 0 amide bonds. The van der Waals surface area contributed by atoms with Crippen molar-refractivity contribution in [1.29, 1.82) is 0 Å². The van der Waals surface area contributed by atoms with Gasteiger partial charge >= 0.3 is 5.97 Å². The number of nitrogens with two attached hydrogens (primary N) is 2. The number of ether oxygens (including phenoxy) is 1. The molecule has 1 spiro atoms. The highest BCUT2D eigenvalue weighted by Gasteiger charge is 2.83. The Hall–Kier alpha value is -2.49. The number of rotatable bonds is 6. The molecule has 0 saturated heterocycles. The van der Waals surface area contributed by atoms with Gasteiger partial charge in [-0.25, -0.2) is 4.79 Å². The summed E-state index contributed by atoms with van der Waals surface area (Å²) in [7, 11) is 0. The largest absolute Gasteiger partial charge is 0.458 e. The summed E-state index contributed by atoms with van der Waals surface area (Å²) in [5.74, 6) is 0.859. The zero-order chi connectivity index (χ0) is 30.5. The molecule has 7 atom stereocenters. The molecule has 1 aromatic carbocycles. The standard InChI is InChI=1S/C38H54N2O2/c1-23(2)10-9-11-24(3)37-19-18-36(8)30-12-13-31-34(5,6)32(42-33(41)26-20-27(39)22-28(40)21-26)15-16-35(31,7)29(30)14-17-38(36,37)25(37)4/h10,20-22,24,31-32H,4,9,11-19,39-40H2,1-3,5-8H3. The quantitative estimate of drug-likeness (QED) is 0.203. The molecule has 0 radical (unpaired) electrons. The van der Waals surface area contributed by atoms with Gasteiger partial charge in [0, 0.05) is 27.6 Å². The van der Waals surface area contributed by atoms with Gasteiger partial charge in [-0.1, -0.05) is 69.6 Å². The van der Waals surface area contributed by atoms with Crippen molar-refractivity contribution in [3.63, 3.8) is 0 Å². The topological polar surface area (TPSA) is 78.3 Å². The van der Waals surface area contributed by atoms with Crippen molar-refractivity contribution < 1.29 is 9.53 Å². The van der Waals surface area contributed by atoms with Crippen LogP contribution in [-0.2, 0) is 4.74 Å². The molecule has 0 aliphatic heterocycles. The van der Waals surface area contributed by atoms with Crippen molar-refractivity contribution in [2.24, 2.45) is 38.9 Å². The van der Waals surface area contributed by atoms with Crippen molar-refractivity contribution in [3.05, 3.63) is 58.7 Å². The van der Waals surface area contributed by atoms with Crippen LogP contribution >= 0.6 is 0 Å². The molecule has 4 heteroatoms. The molecule has 228 valence electrons. The van der Waals surface area contributed by atoms with Gasteiger partial charge in [-0.2, -0.15) is 0 Å². The number of hydrogen-bond donors (Lipinski definition) is 2. The SMILES string of the molecule is C=C1C2(C(C)CCC=C(C)C)CCC3(C)C4=C(CCC132)C1(C)CCC(OC(=O)c2cc(N)cc(N)c2)C(C)(C)C1CC4. The van der Waals surface area contributed by atoms with E-state index in [4.69, 9.17) is 22.8 Å². The Labute approximate surface area is 254 Å². The summed E-state index contributed by atoms with van der Waals surface area (Å²) >= 11 is 0. The van der Waals surface area contributed by atoms with Gasteiger partial charge in [-0.05, 0) is 119 Å². The number of allylic oxidation sites excluding steroid dienone is 5. The number of anilines is 2. The number of hydrogen-bond acceptors (Lipinski definition) is 4. The summed E-state index contributed by atoms with van der Waals surface area (Å²) in [6.45, 7) is 21.7. The van der Waals surface area contributed by atoms with E-state index in [0.717, 1.165) is 12.8 Å². The van der Waals surface area contributed by atoms with Crippen LogP contribution in [-0.4, -0.2) is 12.1 Å². The molecule has 0 heterocycles. The Bertz CT molecular complexity index is 1380. The second-order valence-corrected chi connectivity index (χ2v) is 16.1. The molecule has 0 aromatic heterocycles. The Morgan fingerprint density at radius 2 is 1.69 bits per heavy atom. The van der Waals surface area contributed by atoms with Crippen LogP contribution in [0.5, 0.6) is 0 Å². The number of fused-ring (bicyclic) bond motifs is 3. The van der Waals surface area contributed by atoms with Crippen molar-refractivity contribution in [2.45, 2.75) is 119 Å². The monoisotopic (exact) mass is 570 g/mol. The molecule has 1 aromatic rings. The second-order valence-electron chi connectivity index (χ2n) is 16.1. The lowest BCUT2D eigenvalue weighted by atomic mass is 9.45. The lowest BCUT2D eigenvalue weighted by molar-refractivity contribution is -0.102. The van der Waals surface area contributed by atoms with Gasteiger partial charge in [0.25, 0.3) is 0 Å². The molecular weight excluding hydrogens is 516 g/mol. The average molecular weight is 571 g/mol. The van der Waals surface area contributed by atoms with Crippen molar-refractivity contribution in [2.75, 3.05) is 11.5 Å². The van der Waals surface area contributed by atoms with E-state index in [1.54, 1.807) is 34.9 Å². The van der Waals surface area contributed by atoms with E-state index >= 15 is 0 Å². The highest BCUT2D eigenvalue weighted by Crippen LogP contribution is 2.91. The first-order valence-electron chi connectivity index (χ1n) is 16.6. The van der Waals surface area contributed by atoms with E-state index in [9.17, 15) is 4.79 Å². The smallest absolute Gasteiger partial charge is 0.338 e. The van der Waals surface area contributed by atoms with E-state index in [1.165, 1.54) is 56.9 Å².